The van der Waals surface area contributed by atoms with Crippen molar-refractivity contribution in [1.82, 2.24) is 9.78 Å². The van der Waals surface area contributed by atoms with Crippen LogP contribution in [-0.2, 0) is 6.54 Å². The van der Waals surface area contributed by atoms with E-state index in [1.54, 1.807) is 29.8 Å². The summed E-state index contributed by atoms with van der Waals surface area (Å²) in [5.41, 5.74) is 2.35. The van der Waals surface area contributed by atoms with Gasteiger partial charge < -0.3 is 4.42 Å². The lowest BCUT2D eigenvalue weighted by Gasteiger charge is -2.05. The highest BCUT2D eigenvalue weighted by Crippen LogP contribution is 2.24. The zero-order valence-corrected chi connectivity index (χ0v) is 15.3. The van der Waals surface area contributed by atoms with Crippen molar-refractivity contribution < 1.29 is 9.21 Å². The fourth-order valence-electron chi connectivity index (χ4n) is 2.46. The van der Waals surface area contributed by atoms with Crippen LogP contribution in [0.3, 0.4) is 0 Å². The molecule has 0 aliphatic heterocycles. The highest BCUT2D eigenvalue weighted by Gasteiger charge is 2.13. The van der Waals surface area contributed by atoms with Gasteiger partial charge in [0.2, 0.25) is 5.78 Å². The number of furan rings is 1. The summed E-state index contributed by atoms with van der Waals surface area (Å²) in [7, 11) is 0. The standard InChI is InChI=1S/C19H16Cl2N2O2/c1-12-7-10-18(25-12)17(24)9-8-15-13(2)22-23(19(15)21)11-14-5-3-4-6-16(14)20/h3-10H,11H2,1-2H3/b9-8+. The van der Waals surface area contributed by atoms with Crippen molar-refractivity contribution in [1.29, 1.82) is 0 Å². The van der Waals surface area contributed by atoms with E-state index in [0.717, 1.165) is 11.3 Å². The lowest BCUT2D eigenvalue weighted by atomic mass is 10.2. The third-order valence-electron chi connectivity index (χ3n) is 3.77. The van der Waals surface area contributed by atoms with E-state index >= 15 is 0 Å². The van der Waals surface area contributed by atoms with E-state index in [-0.39, 0.29) is 5.78 Å². The van der Waals surface area contributed by atoms with E-state index in [1.807, 2.05) is 31.2 Å². The van der Waals surface area contributed by atoms with E-state index in [1.165, 1.54) is 6.08 Å². The van der Waals surface area contributed by atoms with Crippen molar-refractivity contribution in [3.05, 3.63) is 81.0 Å². The second-order valence-electron chi connectivity index (χ2n) is 5.65. The van der Waals surface area contributed by atoms with Gasteiger partial charge >= 0.3 is 0 Å². The Morgan fingerprint density at radius 1 is 1.20 bits per heavy atom. The van der Waals surface area contributed by atoms with Crippen LogP contribution < -0.4 is 0 Å². The molecule has 0 saturated heterocycles. The summed E-state index contributed by atoms with van der Waals surface area (Å²) < 4.78 is 6.99. The summed E-state index contributed by atoms with van der Waals surface area (Å²) in [4.78, 5) is 12.1. The second-order valence-corrected chi connectivity index (χ2v) is 6.41. The number of hydrogen-bond donors (Lipinski definition) is 0. The number of carbonyl (C=O) groups excluding carboxylic acids is 1. The number of rotatable bonds is 5. The molecule has 0 amide bonds. The van der Waals surface area contributed by atoms with Crippen molar-refractivity contribution in [2.75, 3.05) is 0 Å². The van der Waals surface area contributed by atoms with E-state index in [2.05, 4.69) is 5.10 Å². The molecule has 0 N–H and O–H groups in total. The lowest BCUT2D eigenvalue weighted by molar-refractivity contribution is 0.102. The molecule has 1 aromatic carbocycles. The number of hydrogen-bond acceptors (Lipinski definition) is 3. The maximum Gasteiger partial charge on any atom is 0.221 e. The molecule has 3 rings (SSSR count). The third-order valence-corrected chi connectivity index (χ3v) is 4.54. The molecule has 2 heterocycles. The van der Waals surface area contributed by atoms with Crippen LogP contribution in [0.25, 0.3) is 6.08 Å². The van der Waals surface area contributed by atoms with Crippen LogP contribution in [0.1, 0.15) is 33.1 Å². The van der Waals surface area contributed by atoms with Gasteiger partial charge in [-0.05, 0) is 49.8 Å². The van der Waals surface area contributed by atoms with Crippen molar-refractivity contribution >= 4 is 35.1 Å². The molecule has 25 heavy (non-hydrogen) atoms. The normalized spacial score (nSPS) is 11.4. The van der Waals surface area contributed by atoms with Crippen molar-refractivity contribution in [3.8, 4) is 0 Å². The first kappa shape index (κ1) is 17.5. The Morgan fingerprint density at radius 3 is 2.64 bits per heavy atom. The summed E-state index contributed by atoms with van der Waals surface area (Å²) in [5.74, 6) is 0.770. The molecule has 4 nitrogen and oxygen atoms in total. The summed E-state index contributed by atoms with van der Waals surface area (Å²) in [6.07, 6.45) is 3.10. The third kappa shape index (κ3) is 3.86. The Labute approximate surface area is 155 Å². The molecule has 0 spiro atoms. The molecule has 0 unspecified atom stereocenters. The number of carbonyl (C=O) groups is 1. The molecule has 2 aromatic heterocycles. The monoisotopic (exact) mass is 374 g/mol. The van der Waals surface area contributed by atoms with Crippen molar-refractivity contribution in [2.45, 2.75) is 20.4 Å². The number of nitrogens with zero attached hydrogens (tertiary/aromatic N) is 2. The SMILES string of the molecule is Cc1ccc(C(=O)/C=C/c2c(C)nn(Cc3ccccc3Cl)c2Cl)o1. The summed E-state index contributed by atoms with van der Waals surface area (Å²) in [6.45, 7) is 4.09. The van der Waals surface area contributed by atoms with Gasteiger partial charge in [0.25, 0.3) is 0 Å². The largest absolute Gasteiger partial charge is 0.458 e. The zero-order valence-electron chi connectivity index (χ0n) is 13.8. The van der Waals surface area contributed by atoms with Gasteiger partial charge in [0.1, 0.15) is 10.9 Å². The molecule has 128 valence electrons. The smallest absolute Gasteiger partial charge is 0.221 e. The molecular formula is C19H16Cl2N2O2. The second kappa shape index (κ2) is 7.30. The van der Waals surface area contributed by atoms with E-state index in [9.17, 15) is 4.79 Å². The minimum Gasteiger partial charge on any atom is -0.458 e. The topological polar surface area (TPSA) is 48.0 Å². The van der Waals surface area contributed by atoms with Gasteiger partial charge in [0.15, 0.2) is 5.76 Å². The minimum atomic E-state index is -0.220. The van der Waals surface area contributed by atoms with Crippen molar-refractivity contribution in [3.63, 3.8) is 0 Å². The van der Waals surface area contributed by atoms with Gasteiger partial charge in [-0.1, -0.05) is 41.4 Å². The summed E-state index contributed by atoms with van der Waals surface area (Å²) >= 11 is 12.6. The lowest BCUT2D eigenvalue weighted by Crippen LogP contribution is -2.02. The first-order valence-electron chi connectivity index (χ1n) is 7.71. The number of allylic oxidation sites excluding steroid dienone is 1. The molecule has 0 radical (unpaired) electrons. The Morgan fingerprint density at radius 2 is 1.96 bits per heavy atom. The first-order chi connectivity index (χ1) is 12.0. The first-order valence-corrected chi connectivity index (χ1v) is 8.46. The molecule has 0 saturated carbocycles. The Balaban J connectivity index is 1.83. The number of ketones is 1. The summed E-state index contributed by atoms with van der Waals surface area (Å²) in [5, 5.41) is 5.56. The van der Waals surface area contributed by atoms with Crippen molar-refractivity contribution in [2.24, 2.45) is 0 Å². The molecular weight excluding hydrogens is 359 g/mol. The summed E-state index contributed by atoms with van der Waals surface area (Å²) in [6, 6.07) is 10.9. The van der Waals surface area contributed by atoms with E-state index < -0.39 is 0 Å². The van der Waals surface area contributed by atoms with Crippen LogP contribution in [-0.4, -0.2) is 15.6 Å². The molecule has 6 heteroatoms. The zero-order chi connectivity index (χ0) is 18.0. The minimum absolute atomic E-state index is 0.220. The van der Waals surface area contributed by atoms with Crippen LogP contribution in [0.4, 0.5) is 0 Å². The van der Waals surface area contributed by atoms with Gasteiger partial charge in [0, 0.05) is 10.6 Å². The number of aryl methyl sites for hydroxylation is 2. The average Bonchev–Trinajstić information content (AvgIpc) is 3.12. The average molecular weight is 375 g/mol. The molecule has 3 aromatic rings. The highest BCUT2D eigenvalue weighted by molar-refractivity contribution is 6.32. The van der Waals surface area contributed by atoms with Gasteiger partial charge in [-0.2, -0.15) is 5.10 Å². The van der Waals surface area contributed by atoms with E-state index in [4.69, 9.17) is 27.6 Å². The van der Waals surface area contributed by atoms with Gasteiger partial charge in [-0.3, -0.25) is 4.79 Å². The van der Waals surface area contributed by atoms with Crippen LogP contribution in [0.2, 0.25) is 10.2 Å². The van der Waals surface area contributed by atoms with Crippen LogP contribution in [0.15, 0.2) is 46.9 Å². The Bertz CT molecular complexity index is 954. The Kier molecular flexibility index (Phi) is 5.11. The molecule has 0 atom stereocenters. The Hall–Kier alpha value is -2.30. The van der Waals surface area contributed by atoms with Gasteiger partial charge in [0.05, 0.1) is 12.2 Å². The molecule has 0 aliphatic rings. The fraction of sp³-hybridized carbons (Fsp3) is 0.158. The molecule has 0 bridgehead atoms. The number of aromatic nitrogens is 2. The predicted molar refractivity (Wildman–Crippen MR) is 99.3 cm³/mol. The maximum atomic E-state index is 12.1. The quantitative estimate of drug-likeness (QED) is 0.447. The number of benzene rings is 1. The highest BCUT2D eigenvalue weighted by atomic mass is 35.5. The van der Waals surface area contributed by atoms with Gasteiger partial charge in [-0.25, -0.2) is 4.68 Å². The van der Waals surface area contributed by atoms with Crippen LogP contribution >= 0.6 is 23.2 Å². The molecule has 0 aliphatic carbocycles. The van der Waals surface area contributed by atoms with Crippen LogP contribution in [0.5, 0.6) is 0 Å². The number of halogens is 2. The molecule has 0 fully saturated rings. The maximum absolute atomic E-state index is 12.1. The fourth-order valence-corrected chi connectivity index (χ4v) is 2.95. The predicted octanol–water partition coefficient (Wildman–Crippen LogP) is 5.34. The van der Waals surface area contributed by atoms with E-state index in [0.29, 0.717) is 33.8 Å². The van der Waals surface area contributed by atoms with Gasteiger partial charge in [-0.15, -0.1) is 0 Å². The van der Waals surface area contributed by atoms with Crippen LogP contribution in [0, 0.1) is 13.8 Å².